The Morgan fingerprint density at radius 1 is 1.23 bits per heavy atom. The van der Waals surface area contributed by atoms with Crippen molar-refractivity contribution in [2.45, 2.75) is 63.9 Å². The molecule has 2 atom stereocenters. The fourth-order valence-corrected chi connectivity index (χ4v) is 6.29. The van der Waals surface area contributed by atoms with Crippen LogP contribution in [0.3, 0.4) is 0 Å². The normalized spacial score (nSPS) is 20.7. The van der Waals surface area contributed by atoms with E-state index in [2.05, 4.69) is 24.5 Å². The molecule has 2 aliphatic rings. The zero-order valence-corrected chi connectivity index (χ0v) is 21.4. The van der Waals surface area contributed by atoms with E-state index < -0.39 is 22.0 Å². The molecule has 0 spiro atoms. The number of carbonyl (C=O) groups is 2. The van der Waals surface area contributed by atoms with E-state index in [1.165, 1.54) is 15.9 Å². The summed E-state index contributed by atoms with van der Waals surface area (Å²) in [6.07, 6.45) is 1.04. The van der Waals surface area contributed by atoms with Crippen molar-refractivity contribution in [3.63, 3.8) is 0 Å². The van der Waals surface area contributed by atoms with Gasteiger partial charge in [-0.1, -0.05) is 32.9 Å². The summed E-state index contributed by atoms with van der Waals surface area (Å²) >= 11 is 0. The number of anilines is 2. The van der Waals surface area contributed by atoms with Crippen LogP contribution < -0.4 is 15.4 Å². The third kappa shape index (κ3) is 5.21. The Bertz CT molecular complexity index is 1220. The van der Waals surface area contributed by atoms with Gasteiger partial charge in [0.1, 0.15) is 5.75 Å². The zero-order valence-electron chi connectivity index (χ0n) is 20.6. The van der Waals surface area contributed by atoms with E-state index in [0.29, 0.717) is 54.4 Å². The minimum absolute atomic E-state index is 0.115. The largest absolute Gasteiger partial charge is 0.478 e. The van der Waals surface area contributed by atoms with Gasteiger partial charge in [0.2, 0.25) is 15.9 Å². The maximum atomic E-state index is 13.6. The molecule has 2 heterocycles. The van der Waals surface area contributed by atoms with Gasteiger partial charge in [-0.15, -0.1) is 0 Å². The lowest BCUT2D eigenvalue weighted by atomic mass is 9.98. The first kappa shape index (κ1) is 25.2. The lowest BCUT2D eigenvalue weighted by molar-refractivity contribution is -0.123. The molecule has 9 heteroatoms. The number of rotatable bonds is 6. The average Bonchev–Trinajstić information content (AvgIpc) is 2.83. The van der Waals surface area contributed by atoms with Crippen LogP contribution in [0.1, 0.15) is 57.1 Å². The Balaban J connectivity index is 1.51. The molecule has 0 radical (unpaired) electrons. The highest BCUT2D eigenvalue weighted by Gasteiger charge is 2.36. The quantitative estimate of drug-likeness (QED) is 0.618. The topological polar surface area (TPSA) is 105 Å². The average molecular weight is 500 g/mol. The van der Waals surface area contributed by atoms with E-state index in [1.54, 1.807) is 13.0 Å². The molecule has 4 rings (SSSR count). The Morgan fingerprint density at radius 3 is 2.60 bits per heavy atom. The standard InChI is InChI=1S/C26H33N3O5S/c1-5-22-26(31)28-21-13-17(4)24(14-23(21)34-22)35(32,33)29-12-6-7-19(15-29)25(30)27-20-10-8-18(9-11-20)16(2)3/h8-11,13-14,16,19,22H,5-7,12,15H2,1-4H3,(H,27,30)(H,28,31)/t19-,22-/m1/s1. The van der Waals surface area contributed by atoms with Crippen molar-refractivity contribution in [2.24, 2.45) is 5.92 Å². The molecule has 1 saturated heterocycles. The van der Waals surface area contributed by atoms with Gasteiger partial charge in [0, 0.05) is 24.8 Å². The summed E-state index contributed by atoms with van der Waals surface area (Å²) in [6.45, 7) is 8.21. The van der Waals surface area contributed by atoms with Crippen LogP contribution in [-0.2, 0) is 19.6 Å². The monoisotopic (exact) mass is 499 g/mol. The van der Waals surface area contributed by atoms with Gasteiger partial charge in [-0.05, 0) is 61.4 Å². The summed E-state index contributed by atoms with van der Waals surface area (Å²) in [5.74, 6) is -0.114. The lowest BCUT2D eigenvalue weighted by Gasteiger charge is -2.32. The first-order valence-electron chi connectivity index (χ1n) is 12.1. The number of aryl methyl sites for hydroxylation is 1. The number of carbonyl (C=O) groups excluding carboxylic acids is 2. The number of sulfonamides is 1. The summed E-state index contributed by atoms with van der Waals surface area (Å²) in [7, 11) is -3.86. The molecule has 2 aromatic rings. The van der Waals surface area contributed by atoms with Gasteiger partial charge in [0.25, 0.3) is 5.91 Å². The molecule has 0 saturated carbocycles. The first-order valence-corrected chi connectivity index (χ1v) is 13.6. The molecule has 2 aromatic carbocycles. The fraction of sp³-hybridized carbons (Fsp3) is 0.462. The number of fused-ring (bicyclic) bond motifs is 1. The van der Waals surface area contributed by atoms with Crippen LogP contribution in [-0.4, -0.2) is 43.7 Å². The molecule has 1 fully saturated rings. The molecule has 0 aromatic heterocycles. The van der Waals surface area contributed by atoms with Crippen molar-refractivity contribution in [3.05, 3.63) is 47.5 Å². The van der Waals surface area contributed by atoms with E-state index in [1.807, 2.05) is 31.2 Å². The van der Waals surface area contributed by atoms with Gasteiger partial charge in [-0.3, -0.25) is 9.59 Å². The second kappa shape index (κ2) is 9.99. The number of benzene rings is 2. The van der Waals surface area contributed by atoms with Crippen molar-refractivity contribution in [3.8, 4) is 5.75 Å². The first-order chi connectivity index (χ1) is 16.6. The SMILES string of the molecule is CC[C@H]1Oc2cc(S(=O)(=O)N3CCC[C@@H](C(=O)Nc4ccc(C(C)C)cc4)C3)c(C)cc2NC1=O. The molecular weight excluding hydrogens is 466 g/mol. The Morgan fingerprint density at radius 2 is 1.94 bits per heavy atom. The van der Waals surface area contributed by atoms with Crippen molar-refractivity contribution >= 4 is 33.2 Å². The fourth-order valence-electron chi connectivity index (χ4n) is 4.54. The number of ether oxygens (including phenoxy) is 1. The van der Waals surface area contributed by atoms with Crippen LogP contribution in [0.2, 0.25) is 0 Å². The molecule has 2 N–H and O–H groups in total. The lowest BCUT2D eigenvalue weighted by Crippen LogP contribution is -2.44. The van der Waals surface area contributed by atoms with Crippen molar-refractivity contribution in [1.29, 1.82) is 0 Å². The minimum atomic E-state index is -3.86. The van der Waals surface area contributed by atoms with Crippen molar-refractivity contribution in [2.75, 3.05) is 23.7 Å². The third-order valence-corrected chi connectivity index (χ3v) is 8.69. The third-order valence-electron chi connectivity index (χ3n) is 6.69. The number of amides is 2. The van der Waals surface area contributed by atoms with Crippen LogP contribution in [0, 0.1) is 12.8 Å². The molecule has 8 nitrogen and oxygen atoms in total. The molecular formula is C26H33N3O5S. The second-order valence-corrected chi connectivity index (χ2v) is 11.5. The smallest absolute Gasteiger partial charge is 0.265 e. The van der Waals surface area contributed by atoms with Crippen molar-refractivity contribution < 1.29 is 22.7 Å². The van der Waals surface area contributed by atoms with Gasteiger partial charge in [0.05, 0.1) is 16.5 Å². The Labute approximate surface area is 207 Å². The van der Waals surface area contributed by atoms with Crippen LogP contribution in [0.5, 0.6) is 5.75 Å². The van der Waals surface area contributed by atoms with Gasteiger partial charge >= 0.3 is 0 Å². The number of hydrogen-bond donors (Lipinski definition) is 2. The number of hydrogen-bond acceptors (Lipinski definition) is 5. The van der Waals surface area contributed by atoms with Crippen LogP contribution >= 0.6 is 0 Å². The Hall–Kier alpha value is -2.91. The predicted molar refractivity (Wildman–Crippen MR) is 135 cm³/mol. The highest BCUT2D eigenvalue weighted by atomic mass is 32.2. The van der Waals surface area contributed by atoms with Crippen LogP contribution in [0.4, 0.5) is 11.4 Å². The maximum absolute atomic E-state index is 13.6. The number of piperidine rings is 1. The van der Waals surface area contributed by atoms with Gasteiger partial charge in [0.15, 0.2) is 6.10 Å². The summed E-state index contributed by atoms with van der Waals surface area (Å²) in [6, 6.07) is 10.9. The second-order valence-electron chi connectivity index (χ2n) is 9.59. The summed E-state index contributed by atoms with van der Waals surface area (Å²) in [4.78, 5) is 25.2. The predicted octanol–water partition coefficient (Wildman–Crippen LogP) is 4.27. The minimum Gasteiger partial charge on any atom is -0.478 e. The van der Waals surface area contributed by atoms with Gasteiger partial charge < -0.3 is 15.4 Å². The van der Waals surface area contributed by atoms with Crippen molar-refractivity contribution in [1.82, 2.24) is 4.31 Å². The summed E-state index contributed by atoms with van der Waals surface area (Å²) in [5, 5.41) is 5.73. The van der Waals surface area contributed by atoms with E-state index >= 15 is 0 Å². The number of nitrogens with zero attached hydrogens (tertiary/aromatic N) is 1. The van der Waals surface area contributed by atoms with E-state index in [4.69, 9.17) is 4.74 Å². The molecule has 0 unspecified atom stereocenters. The highest BCUT2D eigenvalue weighted by molar-refractivity contribution is 7.89. The maximum Gasteiger partial charge on any atom is 0.265 e. The van der Waals surface area contributed by atoms with E-state index in [9.17, 15) is 18.0 Å². The van der Waals surface area contributed by atoms with E-state index in [0.717, 1.165) is 0 Å². The number of nitrogens with one attached hydrogen (secondary N) is 2. The summed E-state index contributed by atoms with van der Waals surface area (Å²) in [5.41, 5.74) is 2.87. The molecule has 35 heavy (non-hydrogen) atoms. The zero-order chi connectivity index (χ0) is 25.3. The molecule has 2 amide bonds. The van der Waals surface area contributed by atoms with Crippen LogP contribution in [0.25, 0.3) is 0 Å². The molecule has 0 aliphatic carbocycles. The molecule has 0 bridgehead atoms. The van der Waals surface area contributed by atoms with E-state index in [-0.39, 0.29) is 23.3 Å². The Kier molecular flexibility index (Phi) is 7.19. The molecule has 2 aliphatic heterocycles. The van der Waals surface area contributed by atoms with Gasteiger partial charge in [-0.2, -0.15) is 4.31 Å². The highest BCUT2D eigenvalue weighted by Crippen LogP contribution is 2.36. The summed E-state index contributed by atoms with van der Waals surface area (Å²) < 4.78 is 34.3. The molecule has 188 valence electrons. The van der Waals surface area contributed by atoms with Gasteiger partial charge in [-0.25, -0.2) is 8.42 Å². The van der Waals surface area contributed by atoms with Crippen LogP contribution in [0.15, 0.2) is 41.3 Å².